The number of aryl methyl sites for hydroxylation is 2. The van der Waals surface area contributed by atoms with Gasteiger partial charge in [0.15, 0.2) is 6.61 Å². The van der Waals surface area contributed by atoms with Crippen molar-refractivity contribution < 1.29 is 27.5 Å². The van der Waals surface area contributed by atoms with Gasteiger partial charge in [0.05, 0.1) is 32.7 Å². The van der Waals surface area contributed by atoms with Crippen molar-refractivity contribution in [3.05, 3.63) is 56.9 Å². The van der Waals surface area contributed by atoms with E-state index in [2.05, 4.69) is 10.3 Å². The molecule has 172 valence electrons. The van der Waals surface area contributed by atoms with Gasteiger partial charge in [0.2, 0.25) is 5.91 Å². The normalized spacial score (nSPS) is 13.5. The molecule has 3 aromatic rings. The minimum Gasteiger partial charge on any atom is -0.482 e. The standard InChI is InChI=1S/C22H17ClF3N3O3S/c1-11-21(27-12(2)33-11)13-3-6-18-17(7-13)29(20(31)10-32-18)9-19(30)28-16-8-14(22(24,25)26)4-5-15(16)23/h3-8H,9-10H2,1-2H3,(H,28,30). The molecule has 4 rings (SSSR count). The van der Waals surface area contributed by atoms with Crippen LogP contribution >= 0.6 is 22.9 Å². The van der Waals surface area contributed by atoms with Gasteiger partial charge in [0.25, 0.3) is 5.91 Å². The van der Waals surface area contributed by atoms with Crippen LogP contribution in [0.5, 0.6) is 5.75 Å². The van der Waals surface area contributed by atoms with E-state index in [1.54, 1.807) is 12.1 Å². The monoisotopic (exact) mass is 495 g/mol. The lowest BCUT2D eigenvalue weighted by molar-refractivity contribution is -0.137. The predicted octanol–water partition coefficient (Wildman–Crippen LogP) is 5.46. The molecule has 1 aromatic heterocycles. The maximum absolute atomic E-state index is 13.0. The Bertz CT molecular complexity index is 1260. The first-order valence-corrected chi connectivity index (χ1v) is 10.9. The third-order valence-corrected chi connectivity index (χ3v) is 6.16. The Morgan fingerprint density at radius 1 is 1.24 bits per heavy atom. The second kappa shape index (κ2) is 8.68. The summed E-state index contributed by atoms with van der Waals surface area (Å²) in [7, 11) is 0. The fraction of sp³-hybridized carbons (Fsp3) is 0.227. The molecule has 0 fully saturated rings. The Morgan fingerprint density at radius 3 is 2.67 bits per heavy atom. The van der Waals surface area contributed by atoms with Gasteiger partial charge in [0, 0.05) is 10.4 Å². The predicted molar refractivity (Wildman–Crippen MR) is 120 cm³/mol. The number of aromatic nitrogens is 1. The highest BCUT2D eigenvalue weighted by Gasteiger charge is 2.32. The zero-order valence-corrected chi connectivity index (χ0v) is 19.0. The summed E-state index contributed by atoms with van der Waals surface area (Å²) in [6.45, 7) is 3.13. The lowest BCUT2D eigenvalue weighted by Gasteiger charge is -2.29. The van der Waals surface area contributed by atoms with Gasteiger partial charge in [-0.05, 0) is 50.2 Å². The topological polar surface area (TPSA) is 71.5 Å². The lowest BCUT2D eigenvalue weighted by atomic mass is 10.1. The molecule has 0 spiro atoms. The van der Waals surface area contributed by atoms with E-state index in [1.165, 1.54) is 16.2 Å². The van der Waals surface area contributed by atoms with Crippen LogP contribution in [0.4, 0.5) is 24.5 Å². The molecule has 1 N–H and O–H groups in total. The van der Waals surface area contributed by atoms with E-state index in [1.807, 2.05) is 19.9 Å². The second-order valence-corrected chi connectivity index (χ2v) is 9.14. The molecule has 0 aliphatic carbocycles. The summed E-state index contributed by atoms with van der Waals surface area (Å²) in [4.78, 5) is 32.0. The minimum atomic E-state index is -4.59. The Kier molecular flexibility index (Phi) is 6.06. The van der Waals surface area contributed by atoms with Crippen molar-refractivity contribution in [2.45, 2.75) is 20.0 Å². The van der Waals surface area contributed by atoms with Gasteiger partial charge in [-0.15, -0.1) is 11.3 Å². The Morgan fingerprint density at radius 2 is 2.00 bits per heavy atom. The molecule has 11 heteroatoms. The third kappa shape index (κ3) is 4.81. The van der Waals surface area contributed by atoms with Crippen molar-refractivity contribution in [3.8, 4) is 17.0 Å². The lowest BCUT2D eigenvalue weighted by Crippen LogP contribution is -2.43. The molecule has 0 bridgehead atoms. The van der Waals surface area contributed by atoms with Crippen molar-refractivity contribution >= 4 is 46.1 Å². The van der Waals surface area contributed by atoms with Gasteiger partial charge < -0.3 is 10.1 Å². The largest absolute Gasteiger partial charge is 0.482 e. The molecule has 2 heterocycles. The van der Waals surface area contributed by atoms with Gasteiger partial charge >= 0.3 is 6.18 Å². The number of carbonyl (C=O) groups excluding carboxylic acids is 2. The van der Waals surface area contributed by atoms with Crippen LogP contribution in [0.15, 0.2) is 36.4 Å². The van der Waals surface area contributed by atoms with Crippen LogP contribution in [0.1, 0.15) is 15.4 Å². The number of carbonyl (C=O) groups is 2. The minimum absolute atomic E-state index is 0.0540. The van der Waals surface area contributed by atoms with Crippen LogP contribution in [-0.2, 0) is 15.8 Å². The summed E-state index contributed by atoms with van der Waals surface area (Å²) in [5.41, 5.74) is 0.742. The zero-order chi connectivity index (χ0) is 23.9. The average molecular weight is 496 g/mol. The molecule has 33 heavy (non-hydrogen) atoms. The van der Waals surface area contributed by atoms with Crippen molar-refractivity contribution in [3.63, 3.8) is 0 Å². The van der Waals surface area contributed by atoms with E-state index >= 15 is 0 Å². The molecular weight excluding hydrogens is 479 g/mol. The number of alkyl halides is 3. The number of amides is 2. The van der Waals surface area contributed by atoms with Crippen LogP contribution < -0.4 is 15.0 Å². The van der Waals surface area contributed by atoms with Crippen LogP contribution in [0.2, 0.25) is 5.02 Å². The van der Waals surface area contributed by atoms with Crippen molar-refractivity contribution in [2.24, 2.45) is 0 Å². The molecule has 2 amide bonds. The van der Waals surface area contributed by atoms with Gasteiger partial charge in [-0.1, -0.05) is 11.6 Å². The number of hydrogen-bond donors (Lipinski definition) is 1. The second-order valence-electron chi connectivity index (χ2n) is 7.33. The number of ether oxygens (including phenoxy) is 1. The quantitative estimate of drug-likeness (QED) is 0.521. The van der Waals surface area contributed by atoms with Crippen molar-refractivity contribution in [2.75, 3.05) is 23.4 Å². The fourth-order valence-corrected chi connectivity index (χ4v) is 4.46. The zero-order valence-electron chi connectivity index (χ0n) is 17.4. The number of benzene rings is 2. The number of hydrogen-bond acceptors (Lipinski definition) is 5. The van der Waals surface area contributed by atoms with Crippen LogP contribution in [0, 0.1) is 13.8 Å². The Hall–Kier alpha value is -3.11. The Labute approximate surface area is 196 Å². The molecular formula is C22H17ClF3N3O3S. The molecule has 1 aliphatic rings. The molecule has 0 atom stereocenters. The molecule has 0 unspecified atom stereocenters. The number of nitrogens with zero attached hydrogens (tertiary/aromatic N) is 2. The van der Waals surface area contributed by atoms with E-state index in [0.717, 1.165) is 39.3 Å². The van der Waals surface area contributed by atoms with Crippen LogP contribution in [0.25, 0.3) is 11.3 Å². The van der Waals surface area contributed by atoms with Crippen molar-refractivity contribution in [1.82, 2.24) is 4.98 Å². The molecule has 2 aromatic carbocycles. The van der Waals surface area contributed by atoms with E-state index in [-0.39, 0.29) is 17.3 Å². The first-order valence-electron chi connectivity index (χ1n) is 9.71. The van der Waals surface area contributed by atoms with Crippen LogP contribution in [0.3, 0.4) is 0 Å². The third-order valence-electron chi connectivity index (χ3n) is 4.95. The number of fused-ring (bicyclic) bond motifs is 1. The maximum atomic E-state index is 13.0. The number of thiazole rings is 1. The van der Waals surface area contributed by atoms with E-state index < -0.39 is 30.1 Å². The highest BCUT2D eigenvalue weighted by Crippen LogP contribution is 2.38. The molecule has 6 nitrogen and oxygen atoms in total. The van der Waals surface area contributed by atoms with Crippen molar-refractivity contribution in [1.29, 1.82) is 0 Å². The van der Waals surface area contributed by atoms with E-state index in [9.17, 15) is 22.8 Å². The molecule has 0 saturated heterocycles. The van der Waals surface area contributed by atoms with Crippen LogP contribution in [-0.4, -0.2) is 29.9 Å². The SMILES string of the molecule is Cc1nc(-c2ccc3c(c2)N(CC(=O)Nc2cc(C(F)(F)F)ccc2Cl)C(=O)CO3)c(C)s1. The number of halogens is 4. The maximum Gasteiger partial charge on any atom is 0.416 e. The van der Waals surface area contributed by atoms with E-state index in [4.69, 9.17) is 16.3 Å². The Balaban J connectivity index is 1.60. The fourth-order valence-electron chi connectivity index (χ4n) is 3.45. The first kappa shape index (κ1) is 23.1. The number of nitrogens with one attached hydrogen (secondary N) is 1. The number of rotatable bonds is 4. The van der Waals surface area contributed by atoms with E-state index in [0.29, 0.717) is 11.4 Å². The van der Waals surface area contributed by atoms with Gasteiger partial charge in [-0.2, -0.15) is 13.2 Å². The highest BCUT2D eigenvalue weighted by molar-refractivity contribution is 7.11. The molecule has 0 radical (unpaired) electrons. The van der Waals surface area contributed by atoms with Gasteiger partial charge in [-0.25, -0.2) is 4.98 Å². The summed E-state index contributed by atoms with van der Waals surface area (Å²) >= 11 is 7.50. The molecule has 0 saturated carbocycles. The summed E-state index contributed by atoms with van der Waals surface area (Å²) in [6.07, 6.45) is -4.59. The number of anilines is 2. The van der Waals surface area contributed by atoms with Gasteiger partial charge in [-0.3, -0.25) is 14.5 Å². The smallest absolute Gasteiger partial charge is 0.416 e. The summed E-state index contributed by atoms with van der Waals surface area (Å²) < 4.78 is 44.5. The first-order chi connectivity index (χ1) is 15.5. The summed E-state index contributed by atoms with van der Waals surface area (Å²) in [6, 6.07) is 7.85. The highest BCUT2D eigenvalue weighted by atomic mass is 35.5. The summed E-state index contributed by atoms with van der Waals surface area (Å²) in [5.74, 6) is -0.757. The molecule has 1 aliphatic heterocycles. The average Bonchev–Trinajstić information content (AvgIpc) is 3.08. The summed E-state index contributed by atoms with van der Waals surface area (Å²) in [5, 5.41) is 3.20. The van der Waals surface area contributed by atoms with Gasteiger partial charge in [0.1, 0.15) is 12.3 Å².